The van der Waals surface area contributed by atoms with Gasteiger partial charge in [-0.3, -0.25) is 4.79 Å². The summed E-state index contributed by atoms with van der Waals surface area (Å²) >= 11 is 0. The van der Waals surface area contributed by atoms with Crippen LogP contribution in [0.4, 0.5) is 0 Å². The smallest absolute Gasteiger partial charge is 0.243 e. The maximum atomic E-state index is 12.6. The van der Waals surface area contributed by atoms with Crippen molar-refractivity contribution in [3.63, 3.8) is 0 Å². The van der Waals surface area contributed by atoms with Gasteiger partial charge in [0.25, 0.3) is 0 Å². The third-order valence-corrected chi connectivity index (χ3v) is 7.49. The first-order valence-electron chi connectivity index (χ1n) is 10.9. The van der Waals surface area contributed by atoms with E-state index < -0.39 is 10.0 Å². The van der Waals surface area contributed by atoms with Crippen LogP contribution < -0.4 is 10.6 Å². The number of sulfonamides is 1. The van der Waals surface area contributed by atoms with E-state index in [-0.39, 0.29) is 11.9 Å². The second-order valence-electron chi connectivity index (χ2n) is 7.77. The third-order valence-electron chi connectivity index (χ3n) is 5.57. The second kappa shape index (κ2) is 10.3. The second-order valence-corrected chi connectivity index (χ2v) is 9.71. The van der Waals surface area contributed by atoms with Gasteiger partial charge in [0.2, 0.25) is 15.9 Å². The first-order chi connectivity index (χ1) is 14.4. The molecule has 9 heteroatoms. The van der Waals surface area contributed by atoms with Gasteiger partial charge in [-0.15, -0.1) is 0 Å². The van der Waals surface area contributed by atoms with E-state index in [0.717, 1.165) is 37.9 Å². The van der Waals surface area contributed by atoms with E-state index in [0.29, 0.717) is 43.5 Å². The monoisotopic (exact) mass is 435 g/mol. The quantitative estimate of drug-likeness (QED) is 0.500. The van der Waals surface area contributed by atoms with Crippen molar-refractivity contribution in [3.8, 4) is 0 Å². The van der Waals surface area contributed by atoms with E-state index in [2.05, 4.69) is 15.6 Å². The van der Waals surface area contributed by atoms with E-state index in [1.54, 1.807) is 16.4 Å². The van der Waals surface area contributed by atoms with Gasteiger partial charge in [0, 0.05) is 45.2 Å². The molecular formula is C21H33N5O3S. The van der Waals surface area contributed by atoms with Gasteiger partial charge in [0.15, 0.2) is 5.96 Å². The SMILES string of the molecule is CCNC(=NCc1ccc(S(=O)(=O)N2CCCC2)cc1)NC1CCN(C(=O)CC)C1. The largest absolute Gasteiger partial charge is 0.357 e. The Kier molecular flexibility index (Phi) is 7.71. The Hall–Kier alpha value is -2.13. The van der Waals surface area contributed by atoms with Crippen LogP contribution in [-0.2, 0) is 21.4 Å². The van der Waals surface area contributed by atoms with Gasteiger partial charge in [-0.05, 0) is 43.9 Å². The highest BCUT2D eigenvalue weighted by Gasteiger charge is 2.27. The number of carbonyl (C=O) groups is 1. The summed E-state index contributed by atoms with van der Waals surface area (Å²) in [6.45, 7) is 7.76. The third kappa shape index (κ3) is 5.51. The molecule has 0 saturated carbocycles. The highest BCUT2D eigenvalue weighted by Crippen LogP contribution is 2.21. The number of hydrogen-bond acceptors (Lipinski definition) is 4. The molecule has 1 unspecified atom stereocenters. The number of amides is 1. The van der Waals surface area contributed by atoms with E-state index in [1.165, 1.54) is 0 Å². The van der Waals surface area contributed by atoms with Crippen LogP contribution in [0.1, 0.15) is 45.1 Å². The van der Waals surface area contributed by atoms with Crippen molar-refractivity contribution in [1.82, 2.24) is 19.8 Å². The van der Waals surface area contributed by atoms with Crippen molar-refractivity contribution in [1.29, 1.82) is 0 Å². The van der Waals surface area contributed by atoms with Gasteiger partial charge >= 0.3 is 0 Å². The van der Waals surface area contributed by atoms with E-state index in [4.69, 9.17) is 0 Å². The molecule has 2 saturated heterocycles. The minimum absolute atomic E-state index is 0.185. The Bertz CT molecular complexity index is 848. The zero-order valence-electron chi connectivity index (χ0n) is 17.9. The molecule has 1 aromatic carbocycles. The predicted molar refractivity (Wildman–Crippen MR) is 118 cm³/mol. The maximum Gasteiger partial charge on any atom is 0.243 e. The van der Waals surface area contributed by atoms with E-state index in [9.17, 15) is 13.2 Å². The highest BCUT2D eigenvalue weighted by molar-refractivity contribution is 7.89. The van der Waals surface area contributed by atoms with Crippen molar-refractivity contribution >= 4 is 21.9 Å². The van der Waals surface area contributed by atoms with Crippen molar-refractivity contribution in [2.75, 3.05) is 32.7 Å². The average Bonchev–Trinajstić information content (AvgIpc) is 3.44. The number of nitrogens with one attached hydrogen (secondary N) is 2. The zero-order chi connectivity index (χ0) is 21.6. The molecule has 166 valence electrons. The fourth-order valence-electron chi connectivity index (χ4n) is 3.86. The van der Waals surface area contributed by atoms with E-state index in [1.807, 2.05) is 30.9 Å². The van der Waals surface area contributed by atoms with Crippen LogP contribution in [-0.4, -0.2) is 68.3 Å². The number of aliphatic imine (C=N–C) groups is 1. The lowest BCUT2D eigenvalue weighted by molar-refractivity contribution is -0.129. The maximum absolute atomic E-state index is 12.6. The van der Waals surface area contributed by atoms with Gasteiger partial charge in [-0.2, -0.15) is 4.31 Å². The molecule has 0 aliphatic carbocycles. The summed E-state index contributed by atoms with van der Waals surface area (Å²) in [7, 11) is -3.39. The molecule has 3 rings (SSSR count). The van der Waals surface area contributed by atoms with Crippen LogP contribution in [0.5, 0.6) is 0 Å². The van der Waals surface area contributed by atoms with Gasteiger partial charge in [0.05, 0.1) is 11.4 Å². The Morgan fingerprint density at radius 3 is 2.47 bits per heavy atom. The number of hydrogen-bond donors (Lipinski definition) is 2. The topological polar surface area (TPSA) is 94.1 Å². The molecular weight excluding hydrogens is 402 g/mol. The predicted octanol–water partition coefficient (Wildman–Crippen LogP) is 1.54. The van der Waals surface area contributed by atoms with Gasteiger partial charge in [0.1, 0.15) is 0 Å². The van der Waals surface area contributed by atoms with Crippen LogP contribution in [0.3, 0.4) is 0 Å². The lowest BCUT2D eigenvalue weighted by atomic mass is 10.2. The zero-order valence-corrected chi connectivity index (χ0v) is 18.7. The molecule has 2 fully saturated rings. The first-order valence-corrected chi connectivity index (χ1v) is 12.3. The number of nitrogens with zero attached hydrogens (tertiary/aromatic N) is 3. The number of guanidine groups is 1. The van der Waals surface area contributed by atoms with Crippen LogP contribution in [0.2, 0.25) is 0 Å². The fraction of sp³-hybridized carbons (Fsp3) is 0.619. The molecule has 2 aliphatic heterocycles. The lowest BCUT2D eigenvalue weighted by Crippen LogP contribution is -2.45. The average molecular weight is 436 g/mol. The van der Waals surface area contributed by atoms with Crippen molar-refractivity contribution in [2.24, 2.45) is 4.99 Å². The van der Waals surface area contributed by atoms with Crippen LogP contribution in [0.15, 0.2) is 34.2 Å². The molecule has 0 spiro atoms. The lowest BCUT2D eigenvalue weighted by Gasteiger charge is -2.18. The molecule has 1 aromatic rings. The Balaban J connectivity index is 1.60. The summed E-state index contributed by atoms with van der Waals surface area (Å²) in [5.41, 5.74) is 0.946. The summed E-state index contributed by atoms with van der Waals surface area (Å²) in [6.07, 6.45) is 3.29. The molecule has 0 bridgehead atoms. The van der Waals surface area contributed by atoms with Gasteiger partial charge in [-0.25, -0.2) is 13.4 Å². The molecule has 1 amide bonds. The van der Waals surface area contributed by atoms with Crippen LogP contribution in [0.25, 0.3) is 0 Å². The normalized spacial score (nSPS) is 20.5. The van der Waals surface area contributed by atoms with Crippen LogP contribution in [0, 0.1) is 0 Å². The minimum atomic E-state index is -3.39. The van der Waals surface area contributed by atoms with Crippen LogP contribution >= 0.6 is 0 Å². The van der Waals surface area contributed by atoms with Crippen molar-refractivity contribution < 1.29 is 13.2 Å². The molecule has 30 heavy (non-hydrogen) atoms. The summed E-state index contributed by atoms with van der Waals surface area (Å²) in [5, 5.41) is 6.65. The number of carbonyl (C=O) groups excluding carboxylic acids is 1. The summed E-state index contributed by atoms with van der Waals surface area (Å²) in [6, 6.07) is 7.18. The standard InChI is InChI=1S/C21H33N5O3S/c1-3-20(27)25-14-11-18(16-25)24-21(22-4-2)23-15-17-7-9-19(10-8-17)30(28,29)26-12-5-6-13-26/h7-10,18H,3-6,11-16H2,1-2H3,(H2,22,23,24). The summed E-state index contributed by atoms with van der Waals surface area (Å²) < 4.78 is 26.8. The van der Waals surface area contributed by atoms with Crippen molar-refractivity contribution in [3.05, 3.63) is 29.8 Å². The fourth-order valence-corrected chi connectivity index (χ4v) is 5.37. The number of likely N-dealkylation sites (tertiary alicyclic amines) is 1. The Morgan fingerprint density at radius 2 is 1.83 bits per heavy atom. The Labute approximate surface area is 179 Å². The van der Waals surface area contributed by atoms with Crippen molar-refractivity contribution in [2.45, 2.75) is 57.0 Å². The molecule has 1 atom stereocenters. The molecule has 0 aromatic heterocycles. The number of benzene rings is 1. The molecule has 2 heterocycles. The molecule has 0 radical (unpaired) electrons. The van der Waals surface area contributed by atoms with Gasteiger partial charge in [-0.1, -0.05) is 19.1 Å². The summed E-state index contributed by atoms with van der Waals surface area (Å²) in [5.74, 6) is 0.896. The van der Waals surface area contributed by atoms with E-state index >= 15 is 0 Å². The van der Waals surface area contributed by atoms with Gasteiger partial charge < -0.3 is 15.5 Å². The Morgan fingerprint density at radius 1 is 1.13 bits per heavy atom. The highest BCUT2D eigenvalue weighted by atomic mass is 32.2. The molecule has 8 nitrogen and oxygen atoms in total. The summed E-state index contributed by atoms with van der Waals surface area (Å²) in [4.78, 5) is 18.7. The number of rotatable bonds is 7. The molecule has 2 aliphatic rings. The molecule has 2 N–H and O–H groups in total. The first kappa shape index (κ1) is 22.6. The minimum Gasteiger partial charge on any atom is -0.357 e.